The summed E-state index contributed by atoms with van der Waals surface area (Å²) in [4.78, 5) is 41.6. The monoisotopic (exact) mass is 622 g/mol. The molecular weight excluding hydrogens is 584 g/mol. The number of hydrogen-bond donors (Lipinski definition) is 6. The van der Waals surface area contributed by atoms with E-state index in [0.29, 0.717) is 22.6 Å². The van der Waals surface area contributed by atoms with E-state index >= 15 is 0 Å². The normalized spacial score (nSPS) is 28.6. The zero-order valence-electron chi connectivity index (χ0n) is 25.2. The van der Waals surface area contributed by atoms with Gasteiger partial charge in [-0.1, -0.05) is 63.2 Å². The minimum Gasteiger partial charge on any atom is -0.508 e. The molecule has 7 N–H and O–H groups in total. The largest absolute Gasteiger partial charge is 0.508 e. The maximum absolute atomic E-state index is 14.4. The van der Waals surface area contributed by atoms with Gasteiger partial charge in [-0.2, -0.15) is 11.8 Å². The number of aliphatic hydroxyl groups excluding tert-OH is 3. The van der Waals surface area contributed by atoms with Crippen LogP contribution in [0.15, 0.2) is 59.4 Å². The molecule has 6 atom stereocenters. The zero-order chi connectivity index (χ0) is 32.5. The molecule has 0 saturated heterocycles. The van der Waals surface area contributed by atoms with Crippen LogP contribution in [0.25, 0.3) is 5.76 Å². The number of hydrogen-bond acceptors (Lipinski definition) is 10. The first-order valence-electron chi connectivity index (χ1n) is 14.4. The number of phenolic OH excluding ortho intramolecular Hbond substituents is 1. The third-order valence-electron chi connectivity index (χ3n) is 9.15. The second-order valence-corrected chi connectivity index (χ2v) is 14.1. The number of aliphatic hydroxyl groups is 4. The average Bonchev–Trinajstić information content (AvgIpc) is 2.93. The summed E-state index contributed by atoms with van der Waals surface area (Å²) >= 11 is 1.53. The maximum Gasteiger partial charge on any atom is 0.255 e. The van der Waals surface area contributed by atoms with Gasteiger partial charge >= 0.3 is 0 Å². The van der Waals surface area contributed by atoms with Crippen molar-refractivity contribution < 1.29 is 39.9 Å². The molecule has 0 heterocycles. The highest BCUT2D eigenvalue weighted by Crippen LogP contribution is 2.57. The topological polar surface area (TPSA) is 182 Å². The van der Waals surface area contributed by atoms with Crippen LogP contribution in [0.4, 0.5) is 0 Å². The predicted molar refractivity (Wildman–Crippen MR) is 166 cm³/mol. The fraction of sp³-hybridized carbons (Fsp3) is 0.424. The molecule has 0 radical (unpaired) electrons. The SMILES string of the molecule is CN(C)[C@@H]1C(=O)C(C(N)=O)=C(O)[C@@]2(O)C(=O)C3=C(O)c4c(ccc(C(C)(C)C)c4O)[C@H](CSCc4ccccc4)[C@H]3[C@H](O)[C@@H]12. The molecule has 44 heavy (non-hydrogen) atoms. The average molecular weight is 623 g/mol. The smallest absolute Gasteiger partial charge is 0.255 e. The second kappa shape index (κ2) is 11.1. The third kappa shape index (κ3) is 4.65. The van der Waals surface area contributed by atoms with Crippen LogP contribution in [-0.4, -0.2) is 85.5 Å². The number of phenols is 1. The number of rotatable bonds is 6. The molecule has 234 valence electrons. The number of benzene rings is 2. The molecule has 0 spiro atoms. The number of nitrogens with two attached hydrogens (primary N) is 1. The fourth-order valence-corrected chi connectivity index (χ4v) is 8.30. The molecule has 1 fully saturated rings. The minimum absolute atomic E-state index is 0.00576. The molecule has 0 bridgehead atoms. The Balaban J connectivity index is 1.75. The van der Waals surface area contributed by atoms with Gasteiger partial charge in [-0.05, 0) is 30.6 Å². The quantitative estimate of drug-likeness (QED) is 0.262. The van der Waals surface area contributed by atoms with E-state index in [1.165, 1.54) is 30.8 Å². The van der Waals surface area contributed by atoms with E-state index in [9.17, 15) is 39.9 Å². The number of nitrogens with zero attached hydrogens (tertiary/aromatic N) is 1. The van der Waals surface area contributed by atoms with Crippen molar-refractivity contribution >= 4 is 35.0 Å². The standard InChI is InChI=1S/C33H38N2O8S/c1-32(2,3)18-12-11-16-17(14-44-13-15-9-7-6-8-10-15)19-21(26(37)20(16)25(18)36)29(40)33(43)23(27(19)38)24(35(4)5)28(39)22(30(33)41)31(34)42/h6-12,17,19,23-24,27,36-38,41,43H,13-14H2,1-5H3,(H2,34,42)/t17-,19+,23+,24-,27-,33-/m0/s1. The molecule has 2 aromatic carbocycles. The van der Waals surface area contributed by atoms with E-state index in [2.05, 4.69) is 0 Å². The van der Waals surface area contributed by atoms with Crippen molar-refractivity contribution in [1.82, 2.24) is 4.90 Å². The van der Waals surface area contributed by atoms with Gasteiger partial charge in [-0.3, -0.25) is 19.3 Å². The van der Waals surface area contributed by atoms with Crippen molar-refractivity contribution in [2.75, 3.05) is 19.8 Å². The number of ketones is 2. The highest BCUT2D eigenvalue weighted by Gasteiger charge is 2.68. The summed E-state index contributed by atoms with van der Waals surface area (Å²) in [5.74, 6) is -8.04. The number of carbonyl (C=O) groups excluding carboxylic acids is 3. The van der Waals surface area contributed by atoms with Crippen LogP contribution < -0.4 is 5.73 Å². The maximum atomic E-state index is 14.4. The molecule has 0 aromatic heterocycles. The van der Waals surface area contributed by atoms with Crippen LogP contribution in [0.2, 0.25) is 0 Å². The Bertz CT molecular complexity index is 1610. The van der Waals surface area contributed by atoms with E-state index in [1.807, 2.05) is 51.1 Å². The molecule has 2 aromatic rings. The molecule has 1 amide bonds. The van der Waals surface area contributed by atoms with Crippen LogP contribution in [-0.2, 0) is 25.6 Å². The Morgan fingerprint density at radius 2 is 1.68 bits per heavy atom. The summed E-state index contributed by atoms with van der Waals surface area (Å²) in [5, 5.41) is 58.5. The minimum atomic E-state index is -2.96. The van der Waals surface area contributed by atoms with Crippen LogP contribution in [0.1, 0.15) is 48.9 Å². The Labute approximate surface area is 259 Å². The van der Waals surface area contributed by atoms with Crippen molar-refractivity contribution in [3.8, 4) is 5.75 Å². The van der Waals surface area contributed by atoms with Crippen molar-refractivity contribution in [3.63, 3.8) is 0 Å². The Morgan fingerprint density at radius 1 is 1.05 bits per heavy atom. The van der Waals surface area contributed by atoms with Crippen LogP contribution in [0.3, 0.4) is 0 Å². The van der Waals surface area contributed by atoms with E-state index in [0.717, 1.165) is 5.56 Å². The van der Waals surface area contributed by atoms with Gasteiger partial charge < -0.3 is 31.3 Å². The van der Waals surface area contributed by atoms with Crippen LogP contribution in [0.5, 0.6) is 5.75 Å². The molecule has 5 rings (SSSR count). The summed E-state index contributed by atoms with van der Waals surface area (Å²) < 4.78 is 0. The van der Waals surface area contributed by atoms with Gasteiger partial charge in [0.25, 0.3) is 5.91 Å². The molecule has 10 nitrogen and oxygen atoms in total. The lowest BCUT2D eigenvalue weighted by atomic mass is 9.54. The highest BCUT2D eigenvalue weighted by molar-refractivity contribution is 7.98. The van der Waals surface area contributed by atoms with E-state index in [1.54, 1.807) is 12.1 Å². The lowest BCUT2D eigenvalue weighted by Gasteiger charge is -2.54. The zero-order valence-corrected chi connectivity index (χ0v) is 26.1. The lowest BCUT2D eigenvalue weighted by molar-refractivity contribution is -0.169. The fourth-order valence-electron chi connectivity index (χ4n) is 7.12. The van der Waals surface area contributed by atoms with E-state index in [4.69, 9.17) is 5.73 Å². The van der Waals surface area contributed by atoms with Gasteiger partial charge in [0.2, 0.25) is 5.78 Å². The number of thioether (sulfide) groups is 1. The van der Waals surface area contributed by atoms with Gasteiger partial charge in [0.1, 0.15) is 22.8 Å². The van der Waals surface area contributed by atoms with Gasteiger partial charge in [-0.15, -0.1) is 0 Å². The second-order valence-electron chi connectivity index (χ2n) is 13.0. The Morgan fingerprint density at radius 3 is 2.25 bits per heavy atom. The van der Waals surface area contributed by atoms with E-state index in [-0.39, 0.29) is 11.3 Å². The van der Waals surface area contributed by atoms with Gasteiger partial charge in [0.05, 0.1) is 23.6 Å². The van der Waals surface area contributed by atoms with Crippen molar-refractivity contribution in [3.05, 3.63) is 81.6 Å². The summed E-state index contributed by atoms with van der Waals surface area (Å²) in [7, 11) is 2.97. The molecule has 1 saturated carbocycles. The van der Waals surface area contributed by atoms with Gasteiger partial charge in [0, 0.05) is 34.5 Å². The molecule has 3 aliphatic carbocycles. The number of carbonyl (C=O) groups is 3. The van der Waals surface area contributed by atoms with Crippen molar-refractivity contribution in [1.29, 1.82) is 0 Å². The molecule has 11 heteroatoms. The number of amides is 1. The number of Topliss-reactive ketones (excluding diaryl/α,β-unsaturated/α-hetero) is 2. The summed E-state index contributed by atoms with van der Waals surface area (Å²) in [5.41, 5.74) is 2.65. The molecule has 0 unspecified atom stereocenters. The van der Waals surface area contributed by atoms with Crippen molar-refractivity contribution in [2.24, 2.45) is 17.6 Å². The first-order valence-corrected chi connectivity index (χ1v) is 15.5. The van der Waals surface area contributed by atoms with E-state index < -0.39 is 81.1 Å². The Kier molecular flexibility index (Phi) is 7.99. The number of likely N-dealkylation sites (N-methyl/N-ethyl adjacent to an activating group) is 1. The van der Waals surface area contributed by atoms with Crippen molar-refractivity contribution in [2.45, 2.75) is 55.6 Å². The Hall–Kier alpha value is -3.64. The van der Waals surface area contributed by atoms with Crippen LogP contribution >= 0.6 is 11.8 Å². The van der Waals surface area contributed by atoms with Crippen LogP contribution in [0, 0.1) is 11.8 Å². The molecule has 0 aliphatic heterocycles. The highest BCUT2D eigenvalue weighted by atomic mass is 32.2. The molecular formula is C33H38N2O8S. The number of fused-ring (bicyclic) bond motifs is 3. The summed E-state index contributed by atoms with van der Waals surface area (Å²) in [6.07, 6.45) is -1.65. The summed E-state index contributed by atoms with van der Waals surface area (Å²) in [6.45, 7) is 5.65. The number of aromatic hydroxyl groups is 1. The first kappa shape index (κ1) is 31.8. The first-order chi connectivity index (χ1) is 20.5. The third-order valence-corrected chi connectivity index (χ3v) is 10.3. The lowest BCUT2D eigenvalue weighted by Crippen LogP contribution is -2.70. The van der Waals surface area contributed by atoms with Gasteiger partial charge in [0.15, 0.2) is 11.4 Å². The number of primary amides is 1. The summed E-state index contributed by atoms with van der Waals surface area (Å²) in [6, 6.07) is 11.8. The van der Waals surface area contributed by atoms with Gasteiger partial charge in [-0.25, -0.2) is 0 Å². The predicted octanol–water partition coefficient (Wildman–Crippen LogP) is 2.71. The molecule has 3 aliphatic rings.